The van der Waals surface area contributed by atoms with Gasteiger partial charge >= 0.3 is 5.97 Å². The molecule has 108 valence electrons. The molecule has 1 saturated heterocycles. The van der Waals surface area contributed by atoms with Gasteiger partial charge in [0.25, 0.3) is 0 Å². The molecule has 0 saturated carbocycles. The molecule has 0 bridgehead atoms. The first-order chi connectivity index (χ1) is 8.85. The average molecular weight is 270 g/mol. The number of likely N-dealkylation sites (tertiary alicyclic amines) is 1. The summed E-state index contributed by atoms with van der Waals surface area (Å²) >= 11 is 0. The van der Waals surface area contributed by atoms with Crippen molar-refractivity contribution in [2.75, 3.05) is 13.1 Å². The molecule has 2 unspecified atom stereocenters. The van der Waals surface area contributed by atoms with Crippen LogP contribution >= 0.6 is 0 Å². The average Bonchev–Trinajstić information content (AvgIpc) is 2.69. The predicted molar refractivity (Wildman–Crippen MR) is 69.4 cm³/mol. The molecular weight excluding hydrogens is 248 g/mol. The molecule has 1 rings (SSSR count). The molecule has 0 aromatic rings. The van der Waals surface area contributed by atoms with E-state index in [-0.39, 0.29) is 24.2 Å². The van der Waals surface area contributed by atoms with Crippen molar-refractivity contribution in [1.82, 2.24) is 10.2 Å². The Morgan fingerprint density at radius 3 is 2.53 bits per heavy atom. The second-order valence-corrected chi connectivity index (χ2v) is 5.36. The standard InChI is InChI=1S/C13H22N2O4/c1-4-15-7-9(6-11(15)16)12(17)14-10(13(18)19)5-8(2)3/h8-10H,4-7H2,1-3H3,(H,14,17)(H,18,19). The molecular formula is C13H22N2O4. The van der Waals surface area contributed by atoms with Gasteiger partial charge in [-0.3, -0.25) is 9.59 Å². The van der Waals surface area contributed by atoms with Crippen molar-refractivity contribution in [3.8, 4) is 0 Å². The van der Waals surface area contributed by atoms with E-state index in [1.807, 2.05) is 20.8 Å². The van der Waals surface area contributed by atoms with Gasteiger partial charge in [0, 0.05) is 19.5 Å². The highest BCUT2D eigenvalue weighted by Crippen LogP contribution is 2.18. The molecule has 19 heavy (non-hydrogen) atoms. The summed E-state index contributed by atoms with van der Waals surface area (Å²) in [5.74, 6) is -1.66. The van der Waals surface area contributed by atoms with Crippen LogP contribution in [0.1, 0.15) is 33.6 Å². The maximum Gasteiger partial charge on any atom is 0.326 e. The molecule has 6 heteroatoms. The lowest BCUT2D eigenvalue weighted by Crippen LogP contribution is -2.44. The van der Waals surface area contributed by atoms with Crippen LogP contribution in [-0.2, 0) is 14.4 Å². The van der Waals surface area contributed by atoms with Crippen LogP contribution < -0.4 is 5.32 Å². The molecule has 1 heterocycles. The van der Waals surface area contributed by atoms with Crippen molar-refractivity contribution >= 4 is 17.8 Å². The summed E-state index contributed by atoms with van der Waals surface area (Å²) in [5, 5.41) is 11.6. The SMILES string of the molecule is CCN1CC(C(=O)NC(CC(C)C)C(=O)O)CC1=O. The number of rotatable bonds is 6. The fourth-order valence-corrected chi connectivity index (χ4v) is 2.24. The Kier molecular flexibility index (Phi) is 5.32. The molecule has 1 aliphatic heterocycles. The maximum absolute atomic E-state index is 12.0. The monoisotopic (exact) mass is 270 g/mol. The Bertz CT molecular complexity index is 368. The van der Waals surface area contributed by atoms with Crippen molar-refractivity contribution in [3.63, 3.8) is 0 Å². The normalized spacial score (nSPS) is 20.7. The minimum atomic E-state index is -1.03. The lowest BCUT2D eigenvalue weighted by atomic mass is 10.0. The van der Waals surface area contributed by atoms with Gasteiger partial charge in [-0.25, -0.2) is 4.79 Å². The number of hydrogen-bond donors (Lipinski definition) is 2. The first kappa shape index (κ1) is 15.5. The molecule has 2 amide bonds. The Labute approximate surface area is 113 Å². The fourth-order valence-electron chi connectivity index (χ4n) is 2.24. The van der Waals surface area contributed by atoms with Gasteiger partial charge in [0.05, 0.1) is 5.92 Å². The topological polar surface area (TPSA) is 86.7 Å². The zero-order chi connectivity index (χ0) is 14.6. The van der Waals surface area contributed by atoms with E-state index < -0.39 is 17.9 Å². The highest BCUT2D eigenvalue weighted by Gasteiger charge is 2.35. The highest BCUT2D eigenvalue weighted by molar-refractivity contribution is 5.91. The number of carboxylic acids is 1. The largest absolute Gasteiger partial charge is 0.480 e. The Hall–Kier alpha value is -1.59. The number of carbonyl (C=O) groups is 3. The lowest BCUT2D eigenvalue weighted by molar-refractivity contribution is -0.142. The minimum absolute atomic E-state index is 0.0432. The highest BCUT2D eigenvalue weighted by atomic mass is 16.4. The van der Waals surface area contributed by atoms with Crippen LogP contribution in [-0.4, -0.2) is 46.9 Å². The zero-order valence-electron chi connectivity index (χ0n) is 11.7. The van der Waals surface area contributed by atoms with Gasteiger partial charge in [-0.05, 0) is 19.3 Å². The van der Waals surface area contributed by atoms with E-state index in [1.165, 1.54) is 0 Å². The molecule has 0 radical (unpaired) electrons. The third-order valence-electron chi connectivity index (χ3n) is 3.29. The lowest BCUT2D eigenvalue weighted by Gasteiger charge is -2.19. The van der Waals surface area contributed by atoms with Gasteiger partial charge in [-0.15, -0.1) is 0 Å². The third-order valence-corrected chi connectivity index (χ3v) is 3.29. The van der Waals surface area contributed by atoms with Gasteiger partial charge in [-0.1, -0.05) is 13.8 Å². The van der Waals surface area contributed by atoms with Crippen molar-refractivity contribution < 1.29 is 19.5 Å². The summed E-state index contributed by atoms with van der Waals surface area (Å²) in [6, 6.07) is -0.877. The molecule has 1 aliphatic rings. The number of nitrogens with one attached hydrogen (secondary N) is 1. The zero-order valence-corrected chi connectivity index (χ0v) is 11.7. The molecule has 0 aromatic heterocycles. The van der Waals surface area contributed by atoms with Gasteiger partial charge < -0.3 is 15.3 Å². The summed E-state index contributed by atoms with van der Waals surface area (Å²) in [7, 11) is 0. The molecule has 0 aromatic carbocycles. The first-order valence-corrected chi connectivity index (χ1v) is 6.66. The van der Waals surface area contributed by atoms with Crippen LogP contribution in [0.25, 0.3) is 0 Å². The summed E-state index contributed by atoms with van der Waals surface area (Å²) in [4.78, 5) is 36.2. The van der Waals surface area contributed by atoms with E-state index in [0.717, 1.165) is 0 Å². The van der Waals surface area contributed by atoms with Crippen LogP contribution in [0.2, 0.25) is 0 Å². The van der Waals surface area contributed by atoms with Crippen molar-refractivity contribution in [2.24, 2.45) is 11.8 Å². The Balaban J connectivity index is 2.58. The first-order valence-electron chi connectivity index (χ1n) is 6.66. The van der Waals surface area contributed by atoms with Crippen molar-refractivity contribution in [1.29, 1.82) is 0 Å². The fraction of sp³-hybridized carbons (Fsp3) is 0.769. The van der Waals surface area contributed by atoms with Crippen LogP contribution in [0.3, 0.4) is 0 Å². The van der Waals surface area contributed by atoms with Gasteiger partial charge in [0.15, 0.2) is 0 Å². The number of amides is 2. The van der Waals surface area contributed by atoms with E-state index in [0.29, 0.717) is 19.5 Å². The number of carbonyl (C=O) groups excluding carboxylic acids is 2. The quantitative estimate of drug-likeness (QED) is 0.734. The number of hydrogen-bond acceptors (Lipinski definition) is 3. The molecule has 6 nitrogen and oxygen atoms in total. The number of nitrogens with zero attached hydrogens (tertiary/aromatic N) is 1. The van der Waals surface area contributed by atoms with E-state index in [9.17, 15) is 14.4 Å². The molecule has 1 fully saturated rings. The summed E-state index contributed by atoms with van der Waals surface area (Å²) in [6.45, 7) is 6.63. The molecule has 2 atom stereocenters. The van der Waals surface area contributed by atoms with Gasteiger partial charge in [0.1, 0.15) is 6.04 Å². The molecule has 0 spiro atoms. The van der Waals surface area contributed by atoms with Crippen LogP contribution in [0.5, 0.6) is 0 Å². The second-order valence-electron chi connectivity index (χ2n) is 5.36. The van der Waals surface area contributed by atoms with Crippen LogP contribution in [0, 0.1) is 11.8 Å². The van der Waals surface area contributed by atoms with E-state index in [2.05, 4.69) is 5.32 Å². The van der Waals surface area contributed by atoms with Crippen LogP contribution in [0.4, 0.5) is 0 Å². The van der Waals surface area contributed by atoms with Crippen LogP contribution in [0.15, 0.2) is 0 Å². The molecule has 0 aliphatic carbocycles. The maximum atomic E-state index is 12.0. The van der Waals surface area contributed by atoms with Crippen molar-refractivity contribution in [2.45, 2.75) is 39.7 Å². The van der Waals surface area contributed by atoms with E-state index >= 15 is 0 Å². The summed E-state index contributed by atoms with van der Waals surface area (Å²) < 4.78 is 0. The molecule has 2 N–H and O–H groups in total. The predicted octanol–water partition coefficient (Wildman–Crippen LogP) is 0.470. The summed E-state index contributed by atoms with van der Waals surface area (Å²) in [6.07, 6.45) is 0.562. The van der Waals surface area contributed by atoms with E-state index in [4.69, 9.17) is 5.11 Å². The number of aliphatic carboxylic acids is 1. The van der Waals surface area contributed by atoms with E-state index in [1.54, 1.807) is 4.90 Å². The third kappa shape index (κ3) is 4.22. The smallest absolute Gasteiger partial charge is 0.326 e. The Morgan fingerprint density at radius 1 is 1.47 bits per heavy atom. The van der Waals surface area contributed by atoms with Gasteiger partial charge in [-0.2, -0.15) is 0 Å². The minimum Gasteiger partial charge on any atom is -0.480 e. The summed E-state index contributed by atoms with van der Waals surface area (Å²) in [5.41, 5.74) is 0. The van der Waals surface area contributed by atoms with Gasteiger partial charge in [0.2, 0.25) is 11.8 Å². The number of carboxylic acid groups (broad SMARTS) is 1. The van der Waals surface area contributed by atoms with Crippen molar-refractivity contribution in [3.05, 3.63) is 0 Å². The Morgan fingerprint density at radius 2 is 2.11 bits per heavy atom. The second kappa shape index (κ2) is 6.54.